The third-order valence-electron chi connectivity index (χ3n) is 5.90. The molecular formula is C28H26N2O5. The zero-order chi connectivity index (χ0) is 24.8. The zero-order valence-corrected chi connectivity index (χ0v) is 19.3. The number of nitrogens with one attached hydrogen (secondary N) is 2. The Balaban J connectivity index is 1.28. The number of rotatable bonds is 8. The first-order valence-electron chi connectivity index (χ1n) is 11.3. The number of hydrogen-bond donors (Lipinski definition) is 3. The topological polar surface area (TPSA) is 105 Å². The van der Waals surface area contributed by atoms with E-state index in [9.17, 15) is 14.4 Å². The highest BCUT2D eigenvalue weighted by atomic mass is 16.5. The Bertz CT molecular complexity index is 1250. The normalized spacial score (nSPS) is 12.4. The number of anilines is 1. The Morgan fingerprint density at radius 2 is 1.60 bits per heavy atom. The summed E-state index contributed by atoms with van der Waals surface area (Å²) in [6.07, 6.45) is 0.915. The number of fused-ring (bicyclic) bond motifs is 3. The Morgan fingerprint density at radius 3 is 2.26 bits per heavy atom. The number of ether oxygens (including phenoxy) is 1. The second-order valence-corrected chi connectivity index (χ2v) is 8.32. The van der Waals surface area contributed by atoms with Crippen molar-refractivity contribution in [2.75, 3.05) is 18.5 Å². The maximum Gasteiger partial charge on any atom is 0.407 e. The largest absolute Gasteiger partial charge is 0.481 e. The van der Waals surface area contributed by atoms with E-state index in [0.29, 0.717) is 16.8 Å². The summed E-state index contributed by atoms with van der Waals surface area (Å²) < 4.78 is 5.49. The fourth-order valence-corrected chi connectivity index (χ4v) is 4.19. The minimum atomic E-state index is -0.941. The highest BCUT2D eigenvalue weighted by Crippen LogP contribution is 2.44. The Labute approximate surface area is 203 Å². The number of carbonyl (C=O) groups excluding carboxylic acids is 2. The first-order valence-corrected chi connectivity index (χ1v) is 11.3. The van der Waals surface area contributed by atoms with Crippen LogP contribution >= 0.6 is 0 Å². The minimum absolute atomic E-state index is 0.0203. The number of amides is 2. The molecule has 0 fully saturated rings. The fourth-order valence-electron chi connectivity index (χ4n) is 4.19. The first-order chi connectivity index (χ1) is 16.9. The van der Waals surface area contributed by atoms with Crippen molar-refractivity contribution in [2.24, 2.45) is 0 Å². The number of alkyl carbamates (subject to hydrolysis) is 1. The van der Waals surface area contributed by atoms with E-state index < -0.39 is 12.1 Å². The van der Waals surface area contributed by atoms with Gasteiger partial charge in [-0.05, 0) is 46.9 Å². The molecule has 0 atom stereocenters. The molecule has 7 heteroatoms. The lowest BCUT2D eigenvalue weighted by Gasteiger charge is -2.14. The summed E-state index contributed by atoms with van der Waals surface area (Å²) in [6.45, 7) is 1.99. The summed E-state index contributed by atoms with van der Waals surface area (Å²) in [5, 5.41) is 14.3. The van der Waals surface area contributed by atoms with Crippen molar-refractivity contribution in [1.82, 2.24) is 5.32 Å². The van der Waals surface area contributed by atoms with Crippen LogP contribution in [0.5, 0.6) is 0 Å². The average molecular weight is 471 g/mol. The number of carboxylic acid groups (broad SMARTS) is 1. The van der Waals surface area contributed by atoms with Gasteiger partial charge in [0.1, 0.15) is 6.61 Å². The third-order valence-corrected chi connectivity index (χ3v) is 5.90. The van der Waals surface area contributed by atoms with Crippen LogP contribution in [-0.2, 0) is 20.7 Å². The van der Waals surface area contributed by atoms with Crippen LogP contribution in [0.2, 0.25) is 0 Å². The van der Waals surface area contributed by atoms with Gasteiger partial charge < -0.3 is 20.5 Å². The number of carbonyl (C=O) groups is 3. The van der Waals surface area contributed by atoms with Crippen LogP contribution in [0, 0.1) is 0 Å². The lowest BCUT2D eigenvalue weighted by Crippen LogP contribution is -2.26. The molecule has 0 aliphatic heterocycles. The van der Waals surface area contributed by atoms with Gasteiger partial charge in [0.05, 0.1) is 6.42 Å². The quantitative estimate of drug-likeness (QED) is 0.413. The van der Waals surface area contributed by atoms with Crippen molar-refractivity contribution >= 4 is 23.7 Å². The molecule has 3 aromatic carbocycles. The molecule has 4 rings (SSSR count). The van der Waals surface area contributed by atoms with E-state index in [1.807, 2.05) is 24.3 Å². The predicted octanol–water partition coefficient (Wildman–Crippen LogP) is 4.74. The molecule has 0 saturated carbocycles. The molecule has 35 heavy (non-hydrogen) atoms. The van der Waals surface area contributed by atoms with Crippen LogP contribution in [0.4, 0.5) is 10.5 Å². The van der Waals surface area contributed by atoms with E-state index in [-0.39, 0.29) is 31.4 Å². The van der Waals surface area contributed by atoms with Gasteiger partial charge in [-0.1, -0.05) is 66.7 Å². The second kappa shape index (κ2) is 10.7. The molecule has 0 unspecified atom stereocenters. The molecule has 0 spiro atoms. The molecule has 3 aromatic rings. The van der Waals surface area contributed by atoms with Gasteiger partial charge >= 0.3 is 12.1 Å². The summed E-state index contributed by atoms with van der Waals surface area (Å²) in [6, 6.07) is 22.9. The van der Waals surface area contributed by atoms with Gasteiger partial charge in [-0.3, -0.25) is 9.59 Å². The molecule has 0 heterocycles. The first kappa shape index (κ1) is 23.8. The van der Waals surface area contributed by atoms with Crippen molar-refractivity contribution in [2.45, 2.75) is 19.3 Å². The monoisotopic (exact) mass is 470 g/mol. The van der Waals surface area contributed by atoms with Gasteiger partial charge in [0.25, 0.3) is 5.91 Å². The maximum atomic E-state index is 12.4. The van der Waals surface area contributed by atoms with Crippen molar-refractivity contribution in [1.29, 1.82) is 0 Å². The lowest BCUT2D eigenvalue weighted by atomic mass is 9.98. The van der Waals surface area contributed by atoms with Crippen molar-refractivity contribution in [3.63, 3.8) is 0 Å². The van der Waals surface area contributed by atoms with Crippen LogP contribution in [-0.4, -0.2) is 36.2 Å². The van der Waals surface area contributed by atoms with E-state index in [4.69, 9.17) is 9.84 Å². The van der Waals surface area contributed by atoms with Gasteiger partial charge in [0.2, 0.25) is 0 Å². The van der Waals surface area contributed by atoms with Gasteiger partial charge in [-0.2, -0.15) is 0 Å². The summed E-state index contributed by atoms with van der Waals surface area (Å²) in [5.41, 5.74) is 6.11. The number of aliphatic carboxylic acids is 1. The van der Waals surface area contributed by atoms with Crippen molar-refractivity contribution in [3.05, 3.63) is 101 Å². The Kier molecular flexibility index (Phi) is 7.26. The summed E-state index contributed by atoms with van der Waals surface area (Å²) in [7, 11) is 0. The minimum Gasteiger partial charge on any atom is -0.481 e. The Morgan fingerprint density at radius 1 is 0.943 bits per heavy atom. The Hall–Kier alpha value is -4.39. The summed E-state index contributed by atoms with van der Waals surface area (Å²) in [5.74, 6) is -1.30. The molecule has 0 radical (unpaired) electrons. The molecule has 1 aliphatic rings. The fraction of sp³-hybridized carbons (Fsp3) is 0.179. The zero-order valence-electron chi connectivity index (χ0n) is 19.3. The highest BCUT2D eigenvalue weighted by Gasteiger charge is 2.28. The smallest absolute Gasteiger partial charge is 0.407 e. The lowest BCUT2D eigenvalue weighted by molar-refractivity contribution is -0.136. The third kappa shape index (κ3) is 5.76. The van der Waals surface area contributed by atoms with Crippen LogP contribution in [0.15, 0.2) is 84.4 Å². The predicted molar refractivity (Wildman–Crippen MR) is 133 cm³/mol. The van der Waals surface area contributed by atoms with E-state index in [0.717, 1.165) is 22.3 Å². The SMILES string of the molecule is C/C(=C\CNC(=O)OCC1c2ccccc2-c2ccccc21)C(=O)Nc1cccc(CC(=O)O)c1. The molecule has 178 valence electrons. The van der Waals surface area contributed by atoms with E-state index in [1.165, 1.54) is 0 Å². The number of carboxylic acids is 1. The summed E-state index contributed by atoms with van der Waals surface area (Å²) in [4.78, 5) is 35.6. The van der Waals surface area contributed by atoms with Crippen molar-refractivity contribution < 1.29 is 24.2 Å². The van der Waals surface area contributed by atoms with Crippen LogP contribution in [0.25, 0.3) is 11.1 Å². The molecule has 0 bridgehead atoms. The molecule has 1 aliphatic carbocycles. The number of benzene rings is 3. The van der Waals surface area contributed by atoms with Crippen LogP contribution < -0.4 is 10.6 Å². The standard InChI is InChI=1S/C28H26N2O5/c1-18(27(33)30-20-8-6-7-19(15-20)16-26(31)32)13-14-29-28(34)35-17-25-23-11-4-2-9-21(23)22-10-3-5-12-24(22)25/h2-13,15,25H,14,16-17H2,1H3,(H,29,34)(H,30,33)(H,31,32)/b18-13+. The highest BCUT2D eigenvalue weighted by molar-refractivity contribution is 6.03. The van der Waals surface area contributed by atoms with Gasteiger partial charge in [-0.25, -0.2) is 4.79 Å². The second-order valence-electron chi connectivity index (χ2n) is 8.32. The molecule has 3 N–H and O–H groups in total. The molecular weight excluding hydrogens is 444 g/mol. The van der Waals surface area contributed by atoms with Crippen molar-refractivity contribution in [3.8, 4) is 11.1 Å². The van der Waals surface area contributed by atoms with Crippen LogP contribution in [0.3, 0.4) is 0 Å². The maximum absolute atomic E-state index is 12.4. The van der Waals surface area contributed by atoms with E-state index in [2.05, 4.69) is 34.9 Å². The summed E-state index contributed by atoms with van der Waals surface area (Å²) >= 11 is 0. The van der Waals surface area contributed by atoms with Gasteiger partial charge in [0, 0.05) is 23.7 Å². The van der Waals surface area contributed by atoms with E-state index >= 15 is 0 Å². The average Bonchev–Trinajstić information content (AvgIpc) is 3.16. The molecule has 0 saturated heterocycles. The number of hydrogen-bond acceptors (Lipinski definition) is 4. The van der Waals surface area contributed by atoms with Gasteiger partial charge in [0.15, 0.2) is 0 Å². The van der Waals surface area contributed by atoms with E-state index in [1.54, 1.807) is 37.3 Å². The van der Waals surface area contributed by atoms with Crippen LogP contribution in [0.1, 0.15) is 29.5 Å². The molecule has 2 amide bonds. The molecule has 0 aromatic heterocycles. The van der Waals surface area contributed by atoms with Gasteiger partial charge in [-0.15, -0.1) is 0 Å². The molecule has 7 nitrogen and oxygen atoms in total.